The Morgan fingerprint density at radius 2 is 1.79 bits per heavy atom. The van der Waals surface area contributed by atoms with E-state index in [-0.39, 0.29) is 24.2 Å². The number of esters is 1. The van der Waals surface area contributed by atoms with E-state index in [1.165, 1.54) is 23.6 Å². The Balaban J connectivity index is 1.80. The number of ether oxygens (including phenoxy) is 3. The summed E-state index contributed by atoms with van der Waals surface area (Å²) >= 11 is 0. The van der Waals surface area contributed by atoms with Crippen molar-refractivity contribution in [2.24, 2.45) is 5.92 Å². The number of hydrogen-bond donors (Lipinski definition) is 3. The minimum atomic E-state index is -1.40. The highest BCUT2D eigenvalue weighted by molar-refractivity contribution is 5.66. The fourth-order valence-corrected chi connectivity index (χ4v) is 6.27. The smallest absolute Gasteiger partial charge is 0.303 e. The lowest BCUT2D eigenvalue weighted by Gasteiger charge is -2.44. The number of carbonyl (C=O) groups is 1. The molecule has 3 N–H and O–H groups in total. The second kappa shape index (κ2) is 9.51. The van der Waals surface area contributed by atoms with Crippen molar-refractivity contribution in [1.29, 1.82) is 0 Å². The van der Waals surface area contributed by atoms with Crippen LogP contribution in [0, 0.1) is 12.8 Å². The van der Waals surface area contributed by atoms with Gasteiger partial charge >= 0.3 is 5.97 Å². The Morgan fingerprint density at radius 3 is 2.44 bits per heavy atom. The molecule has 7 heteroatoms. The monoisotopic (exact) mass is 474 g/mol. The number of phenols is 1. The minimum absolute atomic E-state index is 0.101. The molecule has 0 aromatic heterocycles. The molecule has 0 amide bonds. The molecule has 1 aliphatic heterocycles. The normalized spacial score (nSPS) is 34.7. The zero-order valence-corrected chi connectivity index (χ0v) is 21.0. The first kappa shape index (κ1) is 25.0. The van der Waals surface area contributed by atoms with Crippen LogP contribution in [-0.2, 0) is 14.3 Å². The van der Waals surface area contributed by atoms with Gasteiger partial charge in [0.2, 0.25) is 6.29 Å². The molecule has 34 heavy (non-hydrogen) atoms. The molecule has 1 heterocycles. The summed E-state index contributed by atoms with van der Waals surface area (Å²) in [5, 5.41) is 32.4. The summed E-state index contributed by atoms with van der Waals surface area (Å²) in [7, 11) is 0. The van der Waals surface area contributed by atoms with Crippen molar-refractivity contribution in [3.8, 4) is 11.5 Å². The van der Waals surface area contributed by atoms with Gasteiger partial charge in [-0.15, -0.1) is 0 Å². The molecular formula is C27H38O7. The van der Waals surface area contributed by atoms with Crippen molar-refractivity contribution >= 4 is 5.97 Å². The van der Waals surface area contributed by atoms with E-state index >= 15 is 0 Å². The SMILES string of the molecule is CC(=O)O[C@H]1[C@H](O)[C@@H](Oc2c(C)c3c4c(c2O)[C@@H](C)CC[C@@H]4[C@@H](C)C[C@H]3C=C(C)C)OC[C@H]1O. The molecule has 8 atom stereocenters. The third-order valence-corrected chi connectivity index (χ3v) is 7.75. The molecule has 1 fully saturated rings. The number of rotatable bonds is 4. The molecule has 1 aromatic carbocycles. The van der Waals surface area contributed by atoms with Crippen LogP contribution in [-0.4, -0.2) is 52.5 Å². The topological polar surface area (TPSA) is 105 Å². The van der Waals surface area contributed by atoms with Gasteiger partial charge in [0.1, 0.15) is 6.10 Å². The molecule has 3 aliphatic rings. The maximum Gasteiger partial charge on any atom is 0.303 e. The Kier molecular flexibility index (Phi) is 7.00. The third kappa shape index (κ3) is 4.34. The van der Waals surface area contributed by atoms with Crippen LogP contribution in [0.1, 0.15) is 93.9 Å². The third-order valence-electron chi connectivity index (χ3n) is 7.75. The number of aromatic hydroxyl groups is 1. The van der Waals surface area contributed by atoms with Crippen LogP contribution in [0.2, 0.25) is 0 Å². The van der Waals surface area contributed by atoms with Gasteiger partial charge in [-0.3, -0.25) is 4.79 Å². The van der Waals surface area contributed by atoms with E-state index in [0.717, 1.165) is 30.4 Å². The second-order valence-electron chi connectivity index (χ2n) is 10.6. The van der Waals surface area contributed by atoms with Crippen LogP contribution in [0.4, 0.5) is 0 Å². The number of allylic oxidation sites excluding steroid dienone is 2. The Morgan fingerprint density at radius 1 is 1.09 bits per heavy atom. The number of benzene rings is 1. The number of aliphatic hydroxyl groups is 2. The predicted octanol–water partition coefficient (Wildman–Crippen LogP) is 4.16. The predicted molar refractivity (Wildman–Crippen MR) is 127 cm³/mol. The van der Waals surface area contributed by atoms with Crippen LogP contribution in [0.15, 0.2) is 11.6 Å². The molecule has 4 rings (SSSR count). The molecule has 0 unspecified atom stereocenters. The standard InChI is InChI=1S/C27H38O7/c1-12(2)9-17-10-14(4)18-8-7-13(3)20-22(18)21(17)15(5)25(23(20)30)34-27-24(31)26(33-16(6)28)19(29)11-32-27/h9,13-14,17-19,24,26-27,29-31H,7-8,10-11H2,1-6H3/t13-,14-,17+,18+,19+,24-,26+,27+/m0/s1. The van der Waals surface area contributed by atoms with Gasteiger partial charge in [0.05, 0.1) is 6.61 Å². The average molecular weight is 475 g/mol. The number of phenolic OH excluding ortho intramolecular Hbond substituents is 1. The molecule has 0 spiro atoms. The first-order valence-corrected chi connectivity index (χ1v) is 12.4. The van der Waals surface area contributed by atoms with E-state index in [0.29, 0.717) is 17.6 Å². The number of aliphatic hydroxyl groups excluding tert-OH is 2. The maximum absolute atomic E-state index is 11.5. The van der Waals surface area contributed by atoms with Crippen molar-refractivity contribution < 1.29 is 34.3 Å². The van der Waals surface area contributed by atoms with Gasteiger partial charge in [-0.2, -0.15) is 0 Å². The average Bonchev–Trinajstić information content (AvgIpc) is 2.74. The lowest BCUT2D eigenvalue weighted by Crippen LogP contribution is -2.56. The molecule has 0 saturated carbocycles. The first-order chi connectivity index (χ1) is 16.0. The van der Waals surface area contributed by atoms with Crippen LogP contribution in [0.5, 0.6) is 11.5 Å². The summed E-state index contributed by atoms with van der Waals surface area (Å²) in [6.07, 6.45) is 0.502. The maximum atomic E-state index is 11.5. The molecule has 2 aliphatic carbocycles. The van der Waals surface area contributed by atoms with Gasteiger partial charge in [0.15, 0.2) is 23.7 Å². The summed E-state index contributed by atoms with van der Waals surface area (Å²) in [5.74, 6) is 1.10. The van der Waals surface area contributed by atoms with E-state index in [2.05, 4.69) is 33.8 Å². The van der Waals surface area contributed by atoms with Gasteiger partial charge in [0.25, 0.3) is 0 Å². The minimum Gasteiger partial charge on any atom is -0.504 e. The number of hydrogen-bond acceptors (Lipinski definition) is 7. The molecule has 7 nitrogen and oxygen atoms in total. The van der Waals surface area contributed by atoms with Crippen LogP contribution in [0.25, 0.3) is 0 Å². The molecule has 188 valence electrons. The second-order valence-corrected chi connectivity index (χ2v) is 10.6. The highest BCUT2D eigenvalue weighted by Crippen LogP contribution is 2.58. The van der Waals surface area contributed by atoms with Crippen molar-refractivity contribution in [3.63, 3.8) is 0 Å². The van der Waals surface area contributed by atoms with Crippen molar-refractivity contribution in [1.82, 2.24) is 0 Å². The van der Waals surface area contributed by atoms with Crippen LogP contribution in [0.3, 0.4) is 0 Å². The highest BCUT2D eigenvalue weighted by atomic mass is 16.7. The lowest BCUT2D eigenvalue weighted by atomic mass is 9.62. The van der Waals surface area contributed by atoms with Crippen molar-refractivity contribution in [2.45, 2.75) is 103 Å². The molecule has 1 aromatic rings. The van der Waals surface area contributed by atoms with Gasteiger partial charge in [0, 0.05) is 18.4 Å². The summed E-state index contributed by atoms with van der Waals surface area (Å²) in [6, 6.07) is 0. The quantitative estimate of drug-likeness (QED) is 0.444. The first-order valence-electron chi connectivity index (χ1n) is 12.4. The van der Waals surface area contributed by atoms with Gasteiger partial charge in [-0.25, -0.2) is 0 Å². The van der Waals surface area contributed by atoms with Crippen molar-refractivity contribution in [2.75, 3.05) is 6.61 Å². The fourth-order valence-electron chi connectivity index (χ4n) is 6.27. The summed E-state index contributed by atoms with van der Waals surface area (Å²) in [5.41, 5.74) is 5.50. The molecule has 0 radical (unpaired) electrons. The van der Waals surface area contributed by atoms with Crippen LogP contribution >= 0.6 is 0 Å². The largest absolute Gasteiger partial charge is 0.504 e. The van der Waals surface area contributed by atoms with Crippen LogP contribution < -0.4 is 4.74 Å². The van der Waals surface area contributed by atoms with E-state index in [9.17, 15) is 20.1 Å². The van der Waals surface area contributed by atoms with Gasteiger partial charge in [-0.1, -0.05) is 25.5 Å². The van der Waals surface area contributed by atoms with E-state index in [1.54, 1.807) is 0 Å². The van der Waals surface area contributed by atoms with E-state index < -0.39 is 30.6 Å². The summed E-state index contributed by atoms with van der Waals surface area (Å²) in [6.45, 7) is 11.7. The Hall–Kier alpha value is -2.09. The number of carbonyl (C=O) groups excluding carboxylic acids is 1. The molecular weight excluding hydrogens is 436 g/mol. The fraction of sp³-hybridized carbons (Fsp3) is 0.667. The Bertz CT molecular complexity index is 980. The zero-order chi connectivity index (χ0) is 24.9. The molecule has 0 bridgehead atoms. The van der Waals surface area contributed by atoms with E-state index in [4.69, 9.17) is 14.2 Å². The van der Waals surface area contributed by atoms with Gasteiger partial charge < -0.3 is 29.5 Å². The van der Waals surface area contributed by atoms with Gasteiger partial charge in [-0.05, 0) is 74.5 Å². The summed E-state index contributed by atoms with van der Waals surface area (Å²) < 4.78 is 16.8. The Labute approximate surface area is 201 Å². The van der Waals surface area contributed by atoms with E-state index in [1.807, 2.05) is 6.92 Å². The lowest BCUT2D eigenvalue weighted by molar-refractivity contribution is -0.249. The molecule has 1 saturated heterocycles. The zero-order valence-electron chi connectivity index (χ0n) is 21.0. The van der Waals surface area contributed by atoms with Crippen molar-refractivity contribution in [3.05, 3.63) is 33.9 Å². The summed E-state index contributed by atoms with van der Waals surface area (Å²) in [4.78, 5) is 11.5. The highest BCUT2D eigenvalue weighted by Gasteiger charge is 2.45.